The van der Waals surface area contributed by atoms with Gasteiger partial charge < -0.3 is 9.80 Å². The van der Waals surface area contributed by atoms with Gasteiger partial charge in [-0.1, -0.05) is 30.3 Å². The van der Waals surface area contributed by atoms with Crippen molar-refractivity contribution in [2.24, 2.45) is 0 Å². The van der Waals surface area contributed by atoms with E-state index in [1.54, 1.807) is 22.7 Å². The van der Waals surface area contributed by atoms with Crippen molar-refractivity contribution in [3.05, 3.63) is 59.0 Å². The van der Waals surface area contributed by atoms with E-state index in [4.69, 9.17) is 0 Å². The predicted molar refractivity (Wildman–Crippen MR) is 107 cm³/mol. The van der Waals surface area contributed by atoms with Gasteiger partial charge in [-0.05, 0) is 6.42 Å². The third-order valence-electron chi connectivity index (χ3n) is 5.76. The van der Waals surface area contributed by atoms with Gasteiger partial charge in [-0.25, -0.2) is 0 Å². The Hall–Kier alpha value is -3.42. The third-order valence-corrected chi connectivity index (χ3v) is 5.76. The van der Waals surface area contributed by atoms with Crippen LogP contribution in [-0.2, 0) is 19.4 Å². The number of H-pyrrole nitrogens is 1. The van der Waals surface area contributed by atoms with Crippen LogP contribution in [0.1, 0.15) is 32.2 Å². The average Bonchev–Trinajstić information content (AvgIpc) is 3.30. The number of hydrogen-bond acceptors (Lipinski definition) is 4. The zero-order chi connectivity index (χ0) is 20.0. The SMILES string of the molecule is CN1CCn2nc(C(=O)N3CCc4[nH]nc(-c5ccccc5)c4CC3)cc2C1=O. The number of rotatable bonds is 2. The predicted octanol–water partition coefficient (Wildman–Crippen LogP) is 1.60. The highest BCUT2D eigenvalue weighted by molar-refractivity contribution is 5.98. The minimum atomic E-state index is -0.123. The molecule has 148 valence electrons. The molecule has 1 N–H and O–H groups in total. The van der Waals surface area contributed by atoms with Crippen LogP contribution in [0.2, 0.25) is 0 Å². The summed E-state index contributed by atoms with van der Waals surface area (Å²) in [4.78, 5) is 28.9. The van der Waals surface area contributed by atoms with Crippen LogP contribution in [0.4, 0.5) is 0 Å². The number of carbonyl (C=O) groups excluding carboxylic acids is 2. The summed E-state index contributed by atoms with van der Waals surface area (Å²) in [5, 5.41) is 12.1. The summed E-state index contributed by atoms with van der Waals surface area (Å²) in [5.74, 6) is -0.214. The van der Waals surface area contributed by atoms with Gasteiger partial charge in [-0.2, -0.15) is 10.2 Å². The van der Waals surface area contributed by atoms with Crippen LogP contribution in [0.25, 0.3) is 11.3 Å². The van der Waals surface area contributed by atoms with Crippen LogP contribution in [0.3, 0.4) is 0 Å². The first-order valence-corrected chi connectivity index (χ1v) is 9.86. The summed E-state index contributed by atoms with van der Waals surface area (Å²) in [6, 6.07) is 11.7. The van der Waals surface area contributed by atoms with Crippen molar-refractivity contribution >= 4 is 11.8 Å². The molecule has 8 heteroatoms. The van der Waals surface area contributed by atoms with E-state index in [1.807, 2.05) is 35.2 Å². The van der Waals surface area contributed by atoms with E-state index in [2.05, 4.69) is 15.3 Å². The minimum Gasteiger partial charge on any atom is -0.339 e. The summed E-state index contributed by atoms with van der Waals surface area (Å²) in [5.41, 5.74) is 5.12. The van der Waals surface area contributed by atoms with Gasteiger partial charge in [0, 0.05) is 56.0 Å². The fourth-order valence-electron chi connectivity index (χ4n) is 4.09. The number of nitrogens with one attached hydrogen (secondary N) is 1. The van der Waals surface area contributed by atoms with E-state index < -0.39 is 0 Å². The van der Waals surface area contributed by atoms with Crippen molar-refractivity contribution in [2.75, 3.05) is 26.7 Å². The zero-order valence-corrected chi connectivity index (χ0v) is 16.3. The Balaban J connectivity index is 1.37. The summed E-state index contributed by atoms with van der Waals surface area (Å²) in [7, 11) is 1.77. The quantitative estimate of drug-likeness (QED) is 0.720. The van der Waals surface area contributed by atoms with Crippen LogP contribution in [0.15, 0.2) is 36.4 Å². The second-order valence-corrected chi connectivity index (χ2v) is 7.55. The maximum absolute atomic E-state index is 13.1. The van der Waals surface area contributed by atoms with E-state index in [9.17, 15) is 9.59 Å². The van der Waals surface area contributed by atoms with Crippen LogP contribution in [-0.4, -0.2) is 68.3 Å². The molecule has 4 heterocycles. The first kappa shape index (κ1) is 17.7. The number of nitrogens with zero attached hydrogens (tertiary/aromatic N) is 5. The molecule has 0 bridgehead atoms. The molecule has 2 aromatic heterocycles. The molecule has 0 fully saturated rings. The largest absolute Gasteiger partial charge is 0.339 e. The maximum Gasteiger partial charge on any atom is 0.274 e. The third kappa shape index (κ3) is 3.00. The van der Waals surface area contributed by atoms with E-state index in [-0.39, 0.29) is 11.8 Å². The zero-order valence-electron chi connectivity index (χ0n) is 16.3. The van der Waals surface area contributed by atoms with Crippen LogP contribution in [0, 0.1) is 0 Å². The number of carbonyl (C=O) groups is 2. The van der Waals surface area contributed by atoms with Gasteiger partial charge in [-0.3, -0.25) is 19.4 Å². The molecule has 0 unspecified atom stereocenters. The van der Waals surface area contributed by atoms with E-state index >= 15 is 0 Å². The standard InChI is InChI=1S/C21H22N6O2/c1-25-11-12-27-18(21(25)29)13-17(24-27)20(28)26-9-7-15-16(8-10-26)22-23-19(15)14-5-3-2-4-6-14/h2-6,13H,7-12H2,1H3,(H,22,23). The van der Waals surface area contributed by atoms with Crippen molar-refractivity contribution in [1.29, 1.82) is 0 Å². The Bertz CT molecular complexity index is 1080. The molecule has 5 rings (SSSR count). The monoisotopic (exact) mass is 390 g/mol. The van der Waals surface area contributed by atoms with Gasteiger partial charge in [0.25, 0.3) is 11.8 Å². The first-order chi connectivity index (χ1) is 14.1. The smallest absolute Gasteiger partial charge is 0.274 e. The molecule has 0 atom stereocenters. The average molecular weight is 390 g/mol. The fourth-order valence-corrected chi connectivity index (χ4v) is 4.09. The van der Waals surface area contributed by atoms with Crippen molar-refractivity contribution in [2.45, 2.75) is 19.4 Å². The summed E-state index contributed by atoms with van der Waals surface area (Å²) >= 11 is 0. The lowest BCUT2D eigenvalue weighted by atomic mass is 10.0. The summed E-state index contributed by atoms with van der Waals surface area (Å²) in [6.45, 7) is 2.41. The molecule has 1 aromatic carbocycles. The molecule has 2 aliphatic rings. The minimum absolute atomic E-state index is 0.0905. The summed E-state index contributed by atoms with van der Waals surface area (Å²) in [6.07, 6.45) is 1.45. The number of amides is 2. The van der Waals surface area contributed by atoms with Gasteiger partial charge in [-0.15, -0.1) is 0 Å². The highest BCUT2D eigenvalue weighted by atomic mass is 16.2. The van der Waals surface area contributed by atoms with Crippen molar-refractivity contribution in [3.63, 3.8) is 0 Å². The highest BCUT2D eigenvalue weighted by Crippen LogP contribution is 2.27. The van der Waals surface area contributed by atoms with Gasteiger partial charge in [0.15, 0.2) is 5.69 Å². The Morgan fingerprint density at radius 2 is 1.86 bits per heavy atom. The number of fused-ring (bicyclic) bond motifs is 2. The molecule has 8 nitrogen and oxygen atoms in total. The Labute approximate surface area is 168 Å². The molecule has 0 aliphatic carbocycles. The maximum atomic E-state index is 13.1. The lowest BCUT2D eigenvalue weighted by Gasteiger charge is -2.22. The number of likely N-dealkylation sites (N-methyl/N-ethyl adjacent to an activating group) is 1. The molecule has 29 heavy (non-hydrogen) atoms. The van der Waals surface area contributed by atoms with Crippen LogP contribution >= 0.6 is 0 Å². The topological polar surface area (TPSA) is 87.1 Å². The molecule has 0 saturated carbocycles. The van der Waals surface area contributed by atoms with Crippen molar-refractivity contribution < 1.29 is 9.59 Å². The van der Waals surface area contributed by atoms with E-state index in [0.29, 0.717) is 37.6 Å². The Kier molecular flexibility index (Phi) is 4.19. The molecule has 0 saturated heterocycles. The van der Waals surface area contributed by atoms with Gasteiger partial charge >= 0.3 is 0 Å². The van der Waals surface area contributed by atoms with Crippen molar-refractivity contribution in [3.8, 4) is 11.3 Å². The summed E-state index contributed by atoms with van der Waals surface area (Å²) < 4.78 is 1.65. The normalized spacial score (nSPS) is 16.4. The molecule has 0 spiro atoms. The molecule has 2 amide bonds. The van der Waals surface area contributed by atoms with E-state index in [0.717, 1.165) is 29.8 Å². The molecule has 3 aromatic rings. The second-order valence-electron chi connectivity index (χ2n) is 7.55. The fraction of sp³-hybridized carbons (Fsp3) is 0.333. The second kappa shape index (κ2) is 6.88. The number of aromatic nitrogens is 4. The first-order valence-electron chi connectivity index (χ1n) is 9.86. The van der Waals surface area contributed by atoms with Crippen LogP contribution in [0.5, 0.6) is 0 Å². The number of hydrogen-bond donors (Lipinski definition) is 1. The van der Waals surface area contributed by atoms with Gasteiger partial charge in [0.2, 0.25) is 0 Å². The molecule has 0 radical (unpaired) electrons. The lowest BCUT2D eigenvalue weighted by Crippen LogP contribution is -2.37. The van der Waals surface area contributed by atoms with E-state index in [1.165, 1.54) is 5.56 Å². The van der Waals surface area contributed by atoms with Crippen LogP contribution < -0.4 is 0 Å². The molecule has 2 aliphatic heterocycles. The lowest BCUT2D eigenvalue weighted by molar-refractivity contribution is 0.0734. The van der Waals surface area contributed by atoms with Crippen molar-refractivity contribution in [1.82, 2.24) is 29.8 Å². The Morgan fingerprint density at radius 1 is 1.07 bits per heavy atom. The molecular formula is C21H22N6O2. The number of benzene rings is 1. The highest BCUT2D eigenvalue weighted by Gasteiger charge is 2.29. The molecular weight excluding hydrogens is 368 g/mol. The van der Waals surface area contributed by atoms with Gasteiger partial charge in [0.05, 0.1) is 12.2 Å². The Morgan fingerprint density at radius 3 is 2.69 bits per heavy atom. The van der Waals surface area contributed by atoms with Gasteiger partial charge in [0.1, 0.15) is 5.69 Å². The number of aromatic amines is 1.